The minimum atomic E-state index is 0.0605. The molecule has 2 aromatic rings. The molecule has 2 rings (SSSR count). The normalized spacial score (nSPS) is 10.7. The predicted molar refractivity (Wildman–Crippen MR) is 113 cm³/mol. The standard InChI is InChI=1S/C21H31N5O/c1-6-16(7-2)21(27)25-18-12-10-17(11-13-18)24-19-14-20(23-15(5)22-19)26(8-3)9-4/h10-14,16H,6-9H2,1-5H3,(H,25,27)(H,22,23,24). The first-order valence-corrected chi connectivity index (χ1v) is 9.79. The maximum Gasteiger partial charge on any atom is 0.227 e. The van der Waals surface area contributed by atoms with E-state index in [0.717, 1.165) is 54.8 Å². The van der Waals surface area contributed by atoms with Gasteiger partial charge in [-0.1, -0.05) is 13.8 Å². The van der Waals surface area contributed by atoms with Gasteiger partial charge < -0.3 is 15.5 Å². The van der Waals surface area contributed by atoms with Gasteiger partial charge >= 0.3 is 0 Å². The SMILES string of the molecule is CCC(CC)C(=O)Nc1ccc(Nc2cc(N(CC)CC)nc(C)n2)cc1. The third-order valence-electron chi connectivity index (χ3n) is 4.69. The lowest BCUT2D eigenvalue weighted by Gasteiger charge is -2.20. The summed E-state index contributed by atoms with van der Waals surface area (Å²) >= 11 is 0. The van der Waals surface area contributed by atoms with Gasteiger partial charge in [0, 0.05) is 36.4 Å². The first-order chi connectivity index (χ1) is 13.0. The summed E-state index contributed by atoms with van der Waals surface area (Å²) in [4.78, 5) is 23.4. The quantitative estimate of drug-likeness (QED) is 0.667. The van der Waals surface area contributed by atoms with E-state index < -0.39 is 0 Å². The van der Waals surface area contributed by atoms with Crippen molar-refractivity contribution in [3.05, 3.63) is 36.2 Å². The Labute approximate surface area is 162 Å². The van der Waals surface area contributed by atoms with Crippen molar-refractivity contribution >= 4 is 28.9 Å². The highest BCUT2D eigenvalue weighted by Gasteiger charge is 2.14. The third-order valence-corrected chi connectivity index (χ3v) is 4.69. The zero-order valence-corrected chi connectivity index (χ0v) is 17.0. The van der Waals surface area contributed by atoms with Gasteiger partial charge in [-0.05, 0) is 57.9 Å². The fourth-order valence-corrected chi connectivity index (χ4v) is 3.01. The Bertz CT molecular complexity index is 737. The Hall–Kier alpha value is -2.63. The summed E-state index contributed by atoms with van der Waals surface area (Å²) in [6.45, 7) is 12.0. The molecule has 0 unspecified atom stereocenters. The molecule has 1 aromatic heterocycles. The van der Waals surface area contributed by atoms with Crippen LogP contribution in [0.1, 0.15) is 46.4 Å². The van der Waals surface area contributed by atoms with Crippen LogP contribution in [0.4, 0.5) is 23.0 Å². The van der Waals surface area contributed by atoms with Gasteiger partial charge in [0.2, 0.25) is 5.91 Å². The van der Waals surface area contributed by atoms with E-state index >= 15 is 0 Å². The molecule has 1 heterocycles. The fraction of sp³-hybridized carbons (Fsp3) is 0.476. The second-order valence-electron chi connectivity index (χ2n) is 6.54. The Morgan fingerprint density at radius 3 is 2.15 bits per heavy atom. The van der Waals surface area contributed by atoms with Crippen molar-refractivity contribution in [2.45, 2.75) is 47.5 Å². The molecule has 0 aliphatic carbocycles. The van der Waals surface area contributed by atoms with E-state index in [0.29, 0.717) is 0 Å². The molecule has 6 heteroatoms. The summed E-state index contributed by atoms with van der Waals surface area (Å²) < 4.78 is 0. The van der Waals surface area contributed by atoms with Gasteiger partial charge in [0.15, 0.2) is 0 Å². The summed E-state index contributed by atoms with van der Waals surface area (Å²) in [5.41, 5.74) is 1.72. The van der Waals surface area contributed by atoms with E-state index in [1.54, 1.807) is 0 Å². The highest BCUT2D eigenvalue weighted by molar-refractivity contribution is 5.92. The Balaban J connectivity index is 2.09. The first-order valence-electron chi connectivity index (χ1n) is 9.79. The van der Waals surface area contributed by atoms with Gasteiger partial charge in [-0.15, -0.1) is 0 Å². The maximum atomic E-state index is 12.2. The number of aromatic nitrogens is 2. The van der Waals surface area contributed by atoms with Gasteiger partial charge in [0.05, 0.1) is 0 Å². The summed E-state index contributed by atoms with van der Waals surface area (Å²) in [7, 11) is 0. The number of hydrogen-bond acceptors (Lipinski definition) is 5. The molecular weight excluding hydrogens is 338 g/mol. The summed E-state index contributed by atoms with van der Waals surface area (Å²) in [6.07, 6.45) is 1.70. The van der Waals surface area contributed by atoms with Crippen LogP contribution in [0.15, 0.2) is 30.3 Å². The van der Waals surface area contributed by atoms with Crippen molar-refractivity contribution in [3.8, 4) is 0 Å². The molecule has 0 aliphatic heterocycles. The van der Waals surface area contributed by atoms with Crippen molar-refractivity contribution in [3.63, 3.8) is 0 Å². The van der Waals surface area contributed by atoms with Crippen LogP contribution in [0.3, 0.4) is 0 Å². The van der Waals surface area contributed by atoms with Crippen molar-refractivity contribution in [1.82, 2.24) is 9.97 Å². The molecule has 0 atom stereocenters. The fourth-order valence-electron chi connectivity index (χ4n) is 3.01. The highest BCUT2D eigenvalue weighted by Crippen LogP contribution is 2.22. The molecule has 0 saturated heterocycles. The molecule has 0 aliphatic rings. The average molecular weight is 370 g/mol. The Morgan fingerprint density at radius 1 is 1.00 bits per heavy atom. The molecule has 0 fully saturated rings. The number of rotatable bonds is 9. The first kappa shape index (κ1) is 20.7. The highest BCUT2D eigenvalue weighted by atomic mass is 16.1. The molecule has 0 bridgehead atoms. The number of nitrogens with one attached hydrogen (secondary N) is 2. The molecule has 0 spiro atoms. The molecule has 27 heavy (non-hydrogen) atoms. The van der Waals surface area contributed by atoms with Crippen LogP contribution in [-0.4, -0.2) is 29.0 Å². The van der Waals surface area contributed by atoms with E-state index in [9.17, 15) is 4.79 Å². The van der Waals surface area contributed by atoms with E-state index in [1.807, 2.05) is 51.1 Å². The van der Waals surface area contributed by atoms with Gasteiger partial charge in [-0.3, -0.25) is 4.79 Å². The zero-order valence-electron chi connectivity index (χ0n) is 17.0. The predicted octanol–water partition coefficient (Wildman–Crippen LogP) is 4.75. The van der Waals surface area contributed by atoms with Crippen molar-refractivity contribution < 1.29 is 4.79 Å². The van der Waals surface area contributed by atoms with Crippen LogP contribution in [0.25, 0.3) is 0 Å². The number of aryl methyl sites for hydroxylation is 1. The van der Waals surface area contributed by atoms with Gasteiger partial charge in [0.25, 0.3) is 0 Å². The van der Waals surface area contributed by atoms with Crippen LogP contribution < -0.4 is 15.5 Å². The van der Waals surface area contributed by atoms with Crippen molar-refractivity contribution in [1.29, 1.82) is 0 Å². The minimum Gasteiger partial charge on any atom is -0.357 e. The number of amides is 1. The summed E-state index contributed by atoms with van der Waals surface area (Å²) in [5, 5.41) is 6.31. The van der Waals surface area contributed by atoms with Gasteiger partial charge in [0.1, 0.15) is 17.5 Å². The molecule has 146 valence electrons. The number of carbonyl (C=O) groups is 1. The lowest BCUT2D eigenvalue weighted by molar-refractivity contribution is -0.120. The Kier molecular flexibility index (Phi) is 7.58. The number of nitrogens with zero attached hydrogens (tertiary/aromatic N) is 3. The average Bonchev–Trinajstić information content (AvgIpc) is 2.65. The molecule has 1 aromatic carbocycles. The molecule has 0 saturated carbocycles. The topological polar surface area (TPSA) is 70.2 Å². The largest absolute Gasteiger partial charge is 0.357 e. The van der Waals surface area contributed by atoms with Crippen LogP contribution in [0.2, 0.25) is 0 Å². The Morgan fingerprint density at radius 2 is 1.59 bits per heavy atom. The van der Waals surface area contributed by atoms with Gasteiger partial charge in [-0.25, -0.2) is 9.97 Å². The maximum absolute atomic E-state index is 12.2. The van der Waals surface area contributed by atoms with Gasteiger partial charge in [-0.2, -0.15) is 0 Å². The van der Waals surface area contributed by atoms with Crippen LogP contribution in [-0.2, 0) is 4.79 Å². The number of hydrogen-bond donors (Lipinski definition) is 2. The number of carbonyl (C=O) groups excluding carboxylic acids is 1. The molecule has 2 N–H and O–H groups in total. The van der Waals surface area contributed by atoms with E-state index in [1.165, 1.54) is 0 Å². The molecular formula is C21H31N5O. The number of benzene rings is 1. The monoisotopic (exact) mass is 369 g/mol. The smallest absolute Gasteiger partial charge is 0.227 e. The van der Waals surface area contributed by atoms with E-state index in [2.05, 4.69) is 39.3 Å². The second-order valence-corrected chi connectivity index (χ2v) is 6.54. The molecule has 0 radical (unpaired) electrons. The third kappa shape index (κ3) is 5.67. The molecule has 1 amide bonds. The van der Waals surface area contributed by atoms with E-state index in [-0.39, 0.29) is 11.8 Å². The van der Waals surface area contributed by atoms with Crippen LogP contribution >= 0.6 is 0 Å². The second kappa shape index (κ2) is 9.90. The van der Waals surface area contributed by atoms with Crippen molar-refractivity contribution in [2.24, 2.45) is 5.92 Å². The summed E-state index contributed by atoms with van der Waals surface area (Å²) in [6, 6.07) is 9.65. The minimum absolute atomic E-state index is 0.0605. The van der Waals surface area contributed by atoms with Crippen LogP contribution in [0.5, 0.6) is 0 Å². The van der Waals surface area contributed by atoms with E-state index in [4.69, 9.17) is 0 Å². The molecule has 6 nitrogen and oxygen atoms in total. The van der Waals surface area contributed by atoms with Crippen LogP contribution in [0, 0.1) is 12.8 Å². The summed E-state index contributed by atoms with van der Waals surface area (Å²) in [5.74, 6) is 2.56. The zero-order chi connectivity index (χ0) is 19.8. The lowest BCUT2D eigenvalue weighted by atomic mass is 10.0. The lowest BCUT2D eigenvalue weighted by Crippen LogP contribution is -2.23. The number of anilines is 4. The van der Waals surface area contributed by atoms with Crippen molar-refractivity contribution in [2.75, 3.05) is 28.6 Å².